The number of nitrogens with one attached hydrogen (secondary N) is 1. The Bertz CT molecular complexity index is 849. The summed E-state index contributed by atoms with van der Waals surface area (Å²) in [4.78, 5) is 24.1. The van der Waals surface area contributed by atoms with Crippen molar-refractivity contribution in [3.05, 3.63) is 56.3 Å². The van der Waals surface area contributed by atoms with E-state index in [-0.39, 0.29) is 39.6 Å². The van der Waals surface area contributed by atoms with Crippen LogP contribution in [0, 0.1) is 0 Å². The zero-order valence-corrected chi connectivity index (χ0v) is 17.1. The van der Waals surface area contributed by atoms with Crippen molar-refractivity contribution in [1.82, 2.24) is 5.32 Å². The van der Waals surface area contributed by atoms with E-state index in [2.05, 4.69) is 5.32 Å². The maximum absolute atomic E-state index is 12.1. The number of ether oxygens (including phenoxy) is 2. The summed E-state index contributed by atoms with van der Waals surface area (Å²) in [5.74, 6) is -3.64. The molecule has 0 aliphatic carbocycles. The fourth-order valence-corrected chi connectivity index (χ4v) is 3.53. The van der Waals surface area contributed by atoms with Crippen molar-refractivity contribution in [3.63, 3.8) is 0 Å². The van der Waals surface area contributed by atoms with Crippen LogP contribution < -0.4 is 5.32 Å². The van der Waals surface area contributed by atoms with E-state index < -0.39 is 17.9 Å². The Labute approximate surface area is 172 Å². The van der Waals surface area contributed by atoms with Crippen LogP contribution in [0.25, 0.3) is 0 Å². The van der Waals surface area contributed by atoms with Gasteiger partial charge < -0.3 is 25.0 Å². The lowest BCUT2D eigenvalue weighted by atomic mass is 9.80. The molecule has 2 rings (SSSR count). The average Bonchev–Trinajstić information content (AvgIpc) is 2.61. The van der Waals surface area contributed by atoms with E-state index >= 15 is 0 Å². The van der Waals surface area contributed by atoms with E-state index in [0.717, 1.165) is 0 Å². The van der Waals surface area contributed by atoms with Gasteiger partial charge in [-0.05, 0) is 25.5 Å². The summed E-state index contributed by atoms with van der Waals surface area (Å²) in [5.41, 5.74) is 0.579. The lowest BCUT2D eigenvalue weighted by molar-refractivity contribution is -0.133. The lowest BCUT2D eigenvalue weighted by Gasteiger charge is -2.31. The zero-order chi connectivity index (χ0) is 21.0. The third-order valence-corrected chi connectivity index (χ3v) is 5.15. The molecular formula is C19H21Cl2NO6. The maximum atomic E-state index is 12.1. The molecule has 0 radical (unpaired) electrons. The number of dihydropyridines is 1. The monoisotopic (exact) mass is 429 g/mol. The van der Waals surface area contributed by atoms with Crippen LogP contribution in [0.4, 0.5) is 0 Å². The third kappa shape index (κ3) is 4.67. The van der Waals surface area contributed by atoms with Crippen LogP contribution in [0.1, 0.15) is 25.3 Å². The quantitative estimate of drug-likeness (QED) is 0.580. The molecule has 0 saturated carbocycles. The number of aliphatic carboxylic acids is 2. The molecular weight excluding hydrogens is 409 g/mol. The number of methoxy groups -OCH3 is 1. The van der Waals surface area contributed by atoms with Gasteiger partial charge in [0, 0.05) is 12.8 Å². The van der Waals surface area contributed by atoms with Crippen molar-refractivity contribution in [2.75, 3.05) is 20.3 Å². The first kappa shape index (κ1) is 22.2. The number of carbonyl (C=O) groups is 2. The van der Waals surface area contributed by atoms with Gasteiger partial charge in [-0.3, -0.25) is 0 Å². The van der Waals surface area contributed by atoms with Crippen LogP contribution in [-0.4, -0.2) is 48.6 Å². The maximum Gasteiger partial charge on any atom is 0.334 e. The highest BCUT2D eigenvalue weighted by molar-refractivity contribution is 6.42. The van der Waals surface area contributed by atoms with E-state index in [1.807, 2.05) is 0 Å². The zero-order valence-electron chi connectivity index (χ0n) is 15.6. The molecule has 1 heterocycles. The molecule has 0 aromatic heterocycles. The molecule has 0 bridgehead atoms. The molecule has 1 aliphatic rings. The van der Waals surface area contributed by atoms with Gasteiger partial charge >= 0.3 is 11.9 Å². The molecule has 2 unspecified atom stereocenters. The number of halogens is 2. The van der Waals surface area contributed by atoms with Crippen molar-refractivity contribution in [1.29, 1.82) is 0 Å². The molecule has 152 valence electrons. The number of hydrogen-bond acceptors (Lipinski definition) is 5. The molecule has 3 N–H and O–H groups in total. The van der Waals surface area contributed by atoms with Gasteiger partial charge in [0.05, 0.1) is 52.1 Å². The summed E-state index contributed by atoms with van der Waals surface area (Å²) < 4.78 is 10.7. The highest BCUT2D eigenvalue weighted by Crippen LogP contribution is 2.42. The molecule has 0 amide bonds. The number of rotatable bonds is 8. The van der Waals surface area contributed by atoms with Gasteiger partial charge in [-0.1, -0.05) is 35.3 Å². The second-order valence-electron chi connectivity index (χ2n) is 6.32. The van der Waals surface area contributed by atoms with Crippen molar-refractivity contribution < 1.29 is 29.3 Å². The Hall–Kier alpha value is -2.06. The van der Waals surface area contributed by atoms with Crippen LogP contribution in [0.3, 0.4) is 0 Å². The Morgan fingerprint density at radius 3 is 2.43 bits per heavy atom. The summed E-state index contributed by atoms with van der Waals surface area (Å²) in [6, 6.07) is 4.71. The second kappa shape index (κ2) is 9.43. The van der Waals surface area contributed by atoms with Gasteiger partial charge in [0.1, 0.15) is 0 Å². The summed E-state index contributed by atoms with van der Waals surface area (Å²) in [5, 5.41) is 22.8. The Kier molecular flexibility index (Phi) is 7.48. The summed E-state index contributed by atoms with van der Waals surface area (Å²) in [6.07, 6.45) is -0.285. The molecule has 1 aromatic carbocycles. The van der Waals surface area contributed by atoms with E-state index in [0.29, 0.717) is 17.9 Å². The predicted molar refractivity (Wildman–Crippen MR) is 105 cm³/mol. The molecule has 1 aliphatic heterocycles. The molecule has 2 atom stereocenters. The van der Waals surface area contributed by atoms with Crippen molar-refractivity contribution in [2.24, 2.45) is 0 Å². The molecule has 1 aromatic rings. The van der Waals surface area contributed by atoms with Gasteiger partial charge in [0.15, 0.2) is 0 Å². The minimum Gasteiger partial charge on any atom is -0.478 e. The van der Waals surface area contributed by atoms with Crippen LogP contribution >= 0.6 is 23.2 Å². The van der Waals surface area contributed by atoms with E-state index in [1.165, 1.54) is 7.11 Å². The average molecular weight is 430 g/mol. The van der Waals surface area contributed by atoms with Gasteiger partial charge in [-0.15, -0.1) is 0 Å². The van der Waals surface area contributed by atoms with E-state index in [4.69, 9.17) is 32.7 Å². The number of benzene rings is 1. The fourth-order valence-electron chi connectivity index (χ4n) is 3.11. The van der Waals surface area contributed by atoms with Crippen molar-refractivity contribution >= 4 is 35.1 Å². The molecule has 28 heavy (non-hydrogen) atoms. The number of hydrogen-bond donors (Lipinski definition) is 3. The smallest absolute Gasteiger partial charge is 0.334 e. The first-order valence-electron chi connectivity index (χ1n) is 8.40. The highest BCUT2D eigenvalue weighted by Gasteiger charge is 2.38. The number of allylic oxidation sites excluding steroid dienone is 1. The SMILES string of the molecule is COCC(C)OCC1=C(C(=O)O)C(c2cccc(Cl)c2Cl)C(C(=O)O)=C(C)N1. The van der Waals surface area contributed by atoms with E-state index in [9.17, 15) is 19.8 Å². The first-order chi connectivity index (χ1) is 13.2. The minimum absolute atomic E-state index is 0.0644. The normalized spacial score (nSPS) is 18.1. The van der Waals surface area contributed by atoms with Crippen LogP contribution in [-0.2, 0) is 19.1 Å². The van der Waals surface area contributed by atoms with Crippen LogP contribution in [0.15, 0.2) is 40.7 Å². The molecule has 0 saturated heterocycles. The lowest BCUT2D eigenvalue weighted by Crippen LogP contribution is -2.34. The molecule has 0 spiro atoms. The standard InChI is InChI=1S/C19H21Cl2NO6/c1-9(7-27-3)28-8-13-16(19(25)26)15(14(18(23)24)10(2)22-13)11-5-4-6-12(20)17(11)21/h4-6,9,15,22H,7-8H2,1-3H3,(H,23,24)(H,25,26). The summed E-state index contributed by atoms with van der Waals surface area (Å²) in [7, 11) is 1.53. The second-order valence-corrected chi connectivity index (χ2v) is 7.10. The van der Waals surface area contributed by atoms with Gasteiger partial charge in [-0.2, -0.15) is 0 Å². The molecule has 9 heteroatoms. The van der Waals surface area contributed by atoms with Gasteiger partial charge in [-0.25, -0.2) is 9.59 Å². The topological polar surface area (TPSA) is 105 Å². The molecule has 7 nitrogen and oxygen atoms in total. The van der Waals surface area contributed by atoms with Gasteiger partial charge in [0.25, 0.3) is 0 Å². The first-order valence-corrected chi connectivity index (χ1v) is 9.16. The predicted octanol–water partition coefficient (Wildman–Crippen LogP) is 3.43. The largest absolute Gasteiger partial charge is 0.478 e. The third-order valence-electron chi connectivity index (χ3n) is 4.31. The van der Waals surface area contributed by atoms with Crippen LogP contribution in [0.5, 0.6) is 0 Å². The van der Waals surface area contributed by atoms with Crippen molar-refractivity contribution in [2.45, 2.75) is 25.9 Å². The summed E-state index contributed by atoms with van der Waals surface area (Å²) in [6.45, 7) is 3.61. The Balaban J connectivity index is 2.61. The number of carboxylic acids is 2. The van der Waals surface area contributed by atoms with E-state index in [1.54, 1.807) is 32.0 Å². The Morgan fingerprint density at radius 1 is 1.21 bits per heavy atom. The fraction of sp³-hybridized carbons (Fsp3) is 0.368. The highest BCUT2D eigenvalue weighted by atomic mass is 35.5. The summed E-state index contributed by atoms with van der Waals surface area (Å²) >= 11 is 12.4. The molecule has 0 fully saturated rings. The van der Waals surface area contributed by atoms with Crippen LogP contribution in [0.2, 0.25) is 10.0 Å². The number of carboxylic acid groups (broad SMARTS) is 2. The van der Waals surface area contributed by atoms with Gasteiger partial charge in [0.2, 0.25) is 0 Å². The Morgan fingerprint density at radius 2 is 1.86 bits per heavy atom. The van der Waals surface area contributed by atoms with Crippen molar-refractivity contribution in [3.8, 4) is 0 Å². The minimum atomic E-state index is -1.28.